The van der Waals surface area contributed by atoms with Crippen LogP contribution in [-0.2, 0) is 32.3 Å². The van der Waals surface area contributed by atoms with Crippen molar-refractivity contribution in [3.63, 3.8) is 0 Å². The van der Waals surface area contributed by atoms with E-state index in [1.54, 1.807) is 0 Å². The molecule has 0 saturated heterocycles. The van der Waals surface area contributed by atoms with Gasteiger partial charge in [-0.25, -0.2) is 9.59 Å². The van der Waals surface area contributed by atoms with Crippen molar-refractivity contribution < 1.29 is 29.3 Å². The van der Waals surface area contributed by atoms with E-state index >= 15 is 0 Å². The van der Waals surface area contributed by atoms with Crippen molar-refractivity contribution in [1.29, 1.82) is 11.1 Å². The summed E-state index contributed by atoms with van der Waals surface area (Å²) in [5.74, 6) is -2.30. The Morgan fingerprint density at radius 1 is 0.758 bits per heavy atom. The average molecular weight is 582 g/mol. The van der Waals surface area contributed by atoms with Crippen LogP contribution in [0.4, 0.5) is 0 Å². The first-order valence-electron chi connectivity index (χ1n) is 9.30. The minimum absolute atomic E-state index is 0. The molecule has 12 nitrogen and oxygen atoms in total. The molecule has 0 aliphatic rings. The summed E-state index contributed by atoms with van der Waals surface area (Å²) in [6.45, 7) is 0.454. The summed E-state index contributed by atoms with van der Waals surface area (Å²) in [5.41, 5.74) is 14.8. The Bertz CT molecular complexity index is 855. The minimum Gasteiger partial charge on any atom is -0.479 e. The summed E-state index contributed by atoms with van der Waals surface area (Å²) in [6.07, 6.45) is 0. The van der Waals surface area contributed by atoms with Gasteiger partial charge >= 0.3 is 11.9 Å². The molecule has 4 N–H and O–H groups in total. The summed E-state index contributed by atoms with van der Waals surface area (Å²) < 4.78 is 10.4. The van der Waals surface area contributed by atoms with Gasteiger partial charge in [0.25, 0.3) is 12.1 Å². The molecule has 0 saturated carbocycles. The molecular weight excluding hydrogens is 558 g/mol. The number of hydrogen-bond acceptors (Lipinski definition) is 8. The number of carboxylic acids is 2. The molecule has 2 aromatic carbocycles. The Kier molecular flexibility index (Phi) is 17.6. The summed E-state index contributed by atoms with van der Waals surface area (Å²) >= 11 is 0. The van der Waals surface area contributed by atoms with E-state index in [2.05, 4.69) is 20.1 Å². The number of rotatable bonds is 12. The molecule has 0 spiro atoms. The van der Waals surface area contributed by atoms with Gasteiger partial charge in [-0.1, -0.05) is 60.7 Å². The number of benzene rings is 2. The Labute approximate surface area is 229 Å². The molecule has 0 aliphatic carbocycles. The van der Waals surface area contributed by atoms with Crippen LogP contribution >= 0.6 is 0 Å². The molecule has 0 aromatic heterocycles. The van der Waals surface area contributed by atoms with Gasteiger partial charge in [-0.3, -0.25) is 0 Å². The Morgan fingerprint density at radius 2 is 1.09 bits per heavy atom. The van der Waals surface area contributed by atoms with Crippen molar-refractivity contribution >= 4 is 60.8 Å². The van der Waals surface area contributed by atoms with E-state index in [0.29, 0.717) is 13.2 Å². The number of ether oxygens (including phenoxy) is 2. The molecule has 2 rings (SSSR count). The SMILES string of the molecule is N=[N+]=NC(COCc1ccccc1)C(=O)O.N=[N+]=NC(COCc1ccccc1)C(=O)O.[Ba]. The number of nitrogens with zero attached hydrogens (tertiary/aromatic N) is 4. The van der Waals surface area contributed by atoms with Crippen LogP contribution in [0.15, 0.2) is 70.9 Å². The largest absolute Gasteiger partial charge is 0.479 e. The van der Waals surface area contributed by atoms with Crippen molar-refractivity contribution in [2.24, 2.45) is 10.2 Å². The zero-order chi connectivity index (χ0) is 23.6. The maximum absolute atomic E-state index is 10.6. The van der Waals surface area contributed by atoms with Gasteiger partial charge in [0.1, 0.15) is 21.3 Å². The van der Waals surface area contributed by atoms with Gasteiger partial charge in [0, 0.05) is 48.9 Å². The van der Waals surface area contributed by atoms with Gasteiger partial charge in [0.05, 0.1) is 26.4 Å². The zero-order valence-electron chi connectivity index (χ0n) is 17.8. The van der Waals surface area contributed by atoms with Crippen molar-refractivity contribution in [2.45, 2.75) is 25.3 Å². The molecule has 2 unspecified atom stereocenters. The number of aliphatic carboxylic acids is 2. The standard InChI is InChI=1S/2C10H11N3O3.Ba/c2*11-13-12-9(10(14)15)7-16-6-8-4-2-1-3-5-8;/h2*1-5,9,11H,6-7H2;/p+2. The molecule has 0 heterocycles. The van der Waals surface area contributed by atoms with Crippen molar-refractivity contribution in [3.05, 3.63) is 71.8 Å². The molecule has 2 radical (unpaired) electrons. The minimum atomic E-state index is -1.15. The first-order valence-corrected chi connectivity index (χ1v) is 9.30. The molecule has 0 aliphatic heterocycles. The van der Waals surface area contributed by atoms with Gasteiger partial charge in [0.2, 0.25) is 9.82 Å². The smallest absolute Gasteiger partial charge is 0.338 e. The van der Waals surface area contributed by atoms with Gasteiger partial charge < -0.3 is 19.7 Å². The third-order valence-corrected chi connectivity index (χ3v) is 3.74. The number of carboxylic acid groups (broad SMARTS) is 2. The summed E-state index contributed by atoms with van der Waals surface area (Å²) in [7, 11) is 0. The van der Waals surface area contributed by atoms with Gasteiger partial charge in [-0.05, 0) is 11.1 Å². The van der Waals surface area contributed by atoms with Gasteiger partial charge in [-0.15, -0.1) is 0 Å². The normalized spacial score (nSPS) is 11.2. The van der Waals surface area contributed by atoms with Gasteiger partial charge in [0.15, 0.2) is 0 Å². The Balaban J connectivity index is 0.000000602. The molecule has 33 heavy (non-hydrogen) atoms. The topological polar surface area (TPSA) is 194 Å². The molecule has 0 amide bonds. The Hall–Kier alpha value is -2.51. The van der Waals surface area contributed by atoms with Crippen LogP contribution < -0.4 is 9.82 Å². The predicted octanol–water partition coefficient (Wildman–Crippen LogP) is 2.03. The van der Waals surface area contributed by atoms with E-state index in [1.807, 2.05) is 60.7 Å². The van der Waals surface area contributed by atoms with E-state index < -0.39 is 24.0 Å². The van der Waals surface area contributed by atoms with E-state index in [1.165, 1.54) is 0 Å². The van der Waals surface area contributed by atoms with E-state index in [4.69, 9.17) is 30.7 Å². The predicted molar refractivity (Wildman–Crippen MR) is 115 cm³/mol. The maximum Gasteiger partial charge on any atom is 0.338 e. The number of nitrogens with one attached hydrogen (secondary N) is 2. The fourth-order valence-corrected chi connectivity index (χ4v) is 2.17. The molecule has 2 atom stereocenters. The summed E-state index contributed by atoms with van der Waals surface area (Å²) in [6, 6.07) is 16.5. The Morgan fingerprint density at radius 3 is 1.36 bits per heavy atom. The van der Waals surface area contributed by atoms with Crippen LogP contribution in [0.2, 0.25) is 0 Å². The monoisotopic (exact) mass is 582 g/mol. The van der Waals surface area contributed by atoms with Crippen LogP contribution in [0.5, 0.6) is 0 Å². The van der Waals surface area contributed by atoms with Crippen LogP contribution in [0.25, 0.3) is 0 Å². The van der Waals surface area contributed by atoms with Gasteiger partial charge in [-0.2, -0.15) is 0 Å². The number of hydrogen-bond donors (Lipinski definition) is 4. The fourth-order valence-electron chi connectivity index (χ4n) is 2.17. The fraction of sp³-hybridized carbons (Fsp3) is 0.300. The van der Waals surface area contributed by atoms with Crippen molar-refractivity contribution in [1.82, 2.24) is 9.82 Å². The number of carbonyl (C=O) groups is 2. The second-order valence-electron chi connectivity index (χ2n) is 6.14. The molecule has 2 aromatic rings. The first-order chi connectivity index (χ1) is 15.5. The average Bonchev–Trinajstić information content (AvgIpc) is 2.79. The second-order valence-corrected chi connectivity index (χ2v) is 6.14. The summed E-state index contributed by atoms with van der Waals surface area (Å²) in [4.78, 5) is 26.6. The zero-order valence-corrected chi connectivity index (χ0v) is 22.2. The van der Waals surface area contributed by atoms with Crippen LogP contribution in [-0.4, -0.2) is 96.3 Å². The van der Waals surface area contributed by atoms with E-state index in [9.17, 15) is 9.59 Å². The van der Waals surface area contributed by atoms with Crippen molar-refractivity contribution in [2.75, 3.05) is 13.2 Å². The molecule has 13 heteroatoms. The van der Waals surface area contributed by atoms with Crippen LogP contribution in [0.3, 0.4) is 0 Å². The van der Waals surface area contributed by atoms with Crippen molar-refractivity contribution in [3.8, 4) is 0 Å². The quantitative estimate of drug-likeness (QED) is 0.168. The summed E-state index contributed by atoms with van der Waals surface area (Å²) in [5, 5.41) is 23.8. The third kappa shape index (κ3) is 14.3. The van der Waals surface area contributed by atoms with Crippen LogP contribution in [0.1, 0.15) is 11.1 Å². The second kappa shape index (κ2) is 19.0. The molecule has 170 valence electrons. The third-order valence-electron chi connectivity index (χ3n) is 3.74. The molecule has 0 fully saturated rings. The van der Waals surface area contributed by atoms with Crippen LogP contribution in [0, 0.1) is 11.1 Å². The van der Waals surface area contributed by atoms with E-state index in [-0.39, 0.29) is 62.1 Å². The van der Waals surface area contributed by atoms with E-state index in [0.717, 1.165) is 11.1 Å². The maximum atomic E-state index is 10.6. The molecular formula is C20H24BaN6O6+2. The molecule has 0 bridgehead atoms. The first kappa shape index (κ1) is 30.5.